The molecule has 0 unspecified atom stereocenters. The minimum absolute atomic E-state index is 0.507. The summed E-state index contributed by atoms with van der Waals surface area (Å²) in [5, 5.41) is 0. The van der Waals surface area contributed by atoms with Gasteiger partial charge in [-0.2, -0.15) is 4.98 Å². The number of rotatable bonds is 5. The summed E-state index contributed by atoms with van der Waals surface area (Å²) >= 11 is 0. The van der Waals surface area contributed by atoms with Crippen LogP contribution in [0.4, 0.5) is 5.82 Å². The molecule has 0 aromatic carbocycles. The second-order valence-electron chi connectivity index (χ2n) is 5.11. The van der Waals surface area contributed by atoms with Crippen LogP contribution in [0.2, 0.25) is 0 Å². The molecule has 1 aliphatic rings. The number of nitrogen functional groups attached to an aromatic ring is 1. The van der Waals surface area contributed by atoms with Gasteiger partial charge in [0.25, 0.3) is 0 Å². The Balaban J connectivity index is 1.91. The van der Waals surface area contributed by atoms with Gasteiger partial charge in [0, 0.05) is 12.5 Å². The van der Waals surface area contributed by atoms with Crippen LogP contribution in [0.15, 0.2) is 6.07 Å². The summed E-state index contributed by atoms with van der Waals surface area (Å²) < 4.78 is 5.78. The minimum Gasteiger partial charge on any atom is -0.477 e. The Kier molecular flexibility index (Phi) is 4.79. The molecule has 100 valence electrons. The molecule has 18 heavy (non-hydrogen) atoms. The summed E-state index contributed by atoms with van der Waals surface area (Å²) in [6, 6.07) is 1.72. The highest BCUT2D eigenvalue weighted by molar-refractivity contribution is 5.32. The van der Waals surface area contributed by atoms with E-state index in [1.807, 2.05) is 0 Å². The maximum absolute atomic E-state index is 5.78. The van der Waals surface area contributed by atoms with E-state index in [0.29, 0.717) is 17.6 Å². The number of ether oxygens (including phenoxy) is 1. The summed E-state index contributed by atoms with van der Waals surface area (Å²) in [7, 11) is 0. The average Bonchev–Trinajstić information content (AvgIpc) is 2.37. The van der Waals surface area contributed by atoms with E-state index in [1.54, 1.807) is 6.07 Å². The molecule has 1 fully saturated rings. The van der Waals surface area contributed by atoms with Crippen molar-refractivity contribution in [2.24, 2.45) is 5.92 Å². The van der Waals surface area contributed by atoms with Crippen molar-refractivity contribution in [2.75, 3.05) is 12.3 Å². The van der Waals surface area contributed by atoms with E-state index in [1.165, 1.54) is 32.1 Å². The zero-order valence-corrected chi connectivity index (χ0v) is 11.2. The van der Waals surface area contributed by atoms with Crippen LogP contribution in [0.5, 0.6) is 5.88 Å². The van der Waals surface area contributed by atoms with Crippen LogP contribution < -0.4 is 10.5 Å². The van der Waals surface area contributed by atoms with E-state index in [2.05, 4.69) is 16.9 Å². The van der Waals surface area contributed by atoms with Crippen molar-refractivity contribution < 1.29 is 4.74 Å². The van der Waals surface area contributed by atoms with Gasteiger partial charge >= 0.3 is 0 Å². The van der Waals surface area contributed by atoms with Crippen LogP contribution in [0.3, 0.4) is 0 Å². The second kappa shape index (κ2) is 6.57. The van der Waals surface area contributed by atoms with Crippen molar-refractivity contribution in [3.8, 4) is 5.88 Å². The van der Waals surface area contributed by atoms with E-state index < -0.39 is 0 Å². The molecule has 0 bridgehead atoms. The van der Waals surface area contributed by atoms with E-state index in [4.69, 9.17) is 10.5 Å². The molecule has 0 radical (unpaired) electrons. The number of anilines is 1. The van der Waals surface area contributed by atoms with Crippen LogP contribution in [0.1, 0.15) is 51.3 Å². The maximum Gasteiger partial charge on any atom is 0.218 e. The van der Waals surface area contributed by atoms with E-state index in [9.17, 15) is 0 Å². The fourth-order valence-corrected chi connectivity index (χ4v) is 2.46. The first-order valence-electron chi connectivity index (χ1n) is 7.04. The zero-order valence-electron chi connectivity index (χ0n) is 11.2. The van der Waals surface area contributed by atoms with Crippen molar-refractivity contribution in [3.05, 3.63) is 11.9 Å². The summed E-state index contributed by atoms with van der Waals surface area (Å²) in [6.45, 7) is 2.87. The topological polar surface area (TPSA) is 61.0 Å². The largest absolute Gasteiger partial charge is 0.477 e. The lowest BCUT2D eigenvalue weighted by Crippen LogP contribution is -2.16. The molecule has 2 rings (SSSR count). The van der Waals surface area contributed by atoms with Gasteiger partial charge in [-0.15, -0.1) is 0 Å². The molecular formula is C14H23N3O. The first-order valence-corrected chi connectivity index (χ1v) is 7.04. The summed E-state index contributed by atoms with van der Waals surface area (Å²) in [5.74, 6) is 2.62. The van der Waals surface area contributed by atoms with Gasteiger partial charge in [-0.3, -0.25) is 0 Å². The number of nitrogens with zero attached hydrogens (tertiary/aromatic N) is 2. The van der Waals surface area contributed by atoms with Crippen molar-refractivity contribution in [1.82, 2.24) is 9.97 Å². The summed E-state index contributed by atoms with van der Waals surface area (Å²) in [4.78, 5) is 8.60. The molecule has 1 aromatic rings. The lowest BCUT2D eigenvalue weighted by Gasteiger charge is -2.21. The number of nitrogens with two attached hydrogens (primary N) is 1. The molecular weight excluding hydrogens is 226 g/mol. The van der Waals surface area contributed by atoms with Gasteiger partial charge in [-0.1, -0.05) is 26.2 Å². The fourth-order valence-electron chi connectivity index (χ4n) is 2.46. The third-order valence-corrected chi connectivity index (χ3v) is 3.43. The molecule has 0 aliphatic heterocycles. The first-order chi connectivity index (χ1) is 8.78. The molecule has 0 amide bonds. The standard InChI is InChI=1S/C14H23N3O/c1-2-6-13-16-12(15)9-14(17-13)18-10-11-7-4-3-5-8-11/h9,11H,2-8,10H2,1H3,(H2,15,16,17). The monoisotopic (exact) mass is 249 g/mol. The fraction of sp³-hybridized carbons (Fsp3) is 0.714. The Morgan fingerprint density at radius 3 is 2.78 bits per heavy atom. The second-order valence-corrected chi connectivity index (χ2v) is 5.11. The SMILES string of the molecule is CCCc1nc(N)cc(OCC2CCCCC2)n1. The Morgan fingerprint density at radius 1 is 1.28 bits per heavy atom. The van der Waals surface area contributed by atoms with Crippen LogP contribution in [-0.4, -0.2) is 16.6 Å². The predicted molar refractivity (Wildman–Crippen MR) is 72.5 cm³/mol. The van der Waals surface area contributed by atoms with Gasteiger partial charge < -0.3 is 10.5 Å². The molecule has 1 aliphatic carbocycles. The third-order valence-electron chi connectivity index (χ3n) is 3.43. The molecule has 4 heteroatoms. The van der Waals surface area contributed by atoms with Crippen LogP contribution in [-0.2, 0) is 6.42 Å². The van der Waals surface area contributed by atoms with Crippen LogP contribution in [0.25, 0.3) is 0 Å². The average molecular weight is 249 g/mol. The number of hydrogen-bond acceptors (Lipinski definition) is 4. The van der Waals surface area contributed by atoms with Crippen molar-refractivity contribution in [2.45, 2.75) is 51.9 Å². The number of hydrogen-bond donors (Lipinski definition) is 1. The van der Waals surface area contributed by atoms with Gasteiger partial charge in [0.05, 0.1) is 6.61 Å². The molecule has 0 saturated heterocycles. The van der Waals surface area contributed by atoms with Crippen LogP contribution in [0, 0.1) is 5.92 Å². The highest BCUT2D eigenvalue weighted by atomic mass is 16.5. The Labute approximate surface area is 109 Å². The van der Waals surface area contributed by atoms with E-state index >= 15 is 0 Å². The van der Waals surface area contributed by atoms with Gasteiger partial charge in [-0.25, -0.2) is 4.98 Å². The van der Waals surface area contributed by atoms with Crippen molar-refractivity contribution in [3.63, 3.8) is 0 Å². The number of aromatic nitrogens is 2. The molecule has 0 spiro atoms. The lowest BCUT2D eigenvalue weighted by atomic mass is 9.90. The normalized spacial score (nSPS) is 16.7. The molecule has 2 N–H and O–H groups in total. The van der Waals surface area contributed by atoms with Gasteiger partial charge in [-0.05, 0) is 25.2 Å². The molecule has 0 atom stereocenters. The Bertz CT molecular complexity index is 375. The van der Waals surface area contributed by atoms with E-state index in [0.717, 1.165) is 25.3 Å². The van der Waals surface area contributed by atoms with E-state index in [-0.39, 0.29) is 0 Å². The van der Waals surface area contributed by atoms with Gasteiger partial charge in [0.15, 0.2) is 0 Å². The summed E-state index contributed by atoms with van der Waals surface area (Å²) in [5.41, 5.74) is 5.77. The third kappa shape index (κ3) is 3.86. The van der Waals surface area contributed by atoms with Crippen molar-refractivity contribution in [1.29, 1.82) is 0 Å². The Morgan fingerprint density at radius 2 is 2.06 bits per heavy atom. The molecule has 4 nitrogen and oxygen atoms in total. The van der Waals surface area contributed by atoms with Crippen LogP contribution >= 0.6 is 0 Å². The van der Waals surface area contributed by atoms with Gasteiger partial charge in [0.2, 0.25) is 5.88 Å². The van der Waals surface area contributed by atoms with Crippen molar-refractivity contribution >= 4 is 5.82 Å². The first kappa shape index (κ1) is 13.1. The smallest absolute Gasteiger partial charge is 0.218 e. The lowest BCUT2D eigenvalue weighted by molar-refractivity contribution is 0.202. The molecule has 1 heterocycles. The Hall–Kier alpha value is -1.32. The van der Waals surface area contributed by atoms with Gasteiger partial charge in [0.1, 0.15) is 11.6 Å². The number of aryl methyl sites for hydroxylation is 1. The quantitative estimate of drug-likeness (QED) is 0.871. The highest BCUT2D eigenvalue weighted by Gasteiger charge is 2.14. The summed E-state index contributed by atoms with van der Waals surface area (Å²) in [6.07, 6.45) is 8.47. The molecule has 1 saturated carbocycles. The minimum atomic E-state index is 0.507. The predicted octanol–water partition coefficient (Wildman–Crippen LogP) is 2.97. The molecule has 1 aromatic heterocycles. The maximum atomic E-state index is 5.78. The highest BCUT2D eigenvalue weighted by Crippen LogP contribution is 2.24. The zero-order chi connectivity index (χ0) is 12.8.